The fourth-order valence-electron chi connectivity index (χ4n) is 1.64. The van der Waals surface area contributed by atoms with E-state index in [0.717, 1.165) is 17.7 Å². The van der Waals surface area contributed by atoms with E-state index in [4.69, 9.17) is 9.84 Å². The molecule has 1 heterocycles. The summed E-state index contributed by atoms with van der Waals surface area (Å²) in [6, 6.07) is 7.80. The van der Waals surface area contributed by atoms with E-state index in [9.17, 15) is 4.79 Å². The quantitative estimate of drug-likeness (QED) is 0.849. The van der Waals surface area contributed by atoms with Crippen LogP contribution < -0.4 is 10.1 Å². The summed E-state index contributed by atoms with van der Waals surface area (Å²) in [6.45, 7) is 0.662. The van der Waals surface area contributed by atoms with Gasteiger partial charge in [-0.15, -0.1) is 11.3 Å². The molecule has 0 amide bonds. The van der Waals surface area contributed by atoms with Crippen LogP contribution in [0.3, 0.4) is 0 Å². The molecule has 0 aliphatic carbocycles. The van der Waals surface area contributed by atoms with Crippen molar-refractivity contribution in [3.05, 3.63) is 41.0 Å². The number of nitrogens with zero attached hydrogens (tertiary/aromatic N) is 1. The van der Waals surface area contributed by atoms with Gasteiger partial charge in [0.25, 0.3) is 0 Å². The third-order valence-corrected chi connectivity index (χ3v) is 3.41. The maximum Gasteiger partial charge on any atom is 0.357 e. The SMILES string of the molecule is COc1ccc(CCNc2scnc2C(=O)O)cc1. The van der Waals surface area contributed by atoms with Gasteiger partial charge in [-0.3, -0.25) is 0 Å². The van der Waals surface area contributed by atoms with E-state index in [2.05, 4.69) is 10.3 Å². The van der Waals surface area contributed by atoms with Crippen molar-refractivity contribution in [3.8, 4) is 5.75 Å². The number of methoxy groups -OCH3 is 1. The second-order valence-electron chi connectivity index (χ2n) is 3.86. The van der Waals surface area contributed by atoms with Crippen molar-refractivity contribution in [2.75, 3.05) is 19.0 Å². The molecule has 0 aliphatic rings. The van der Waals surface area contributed by atoms with Crippen LogP contribution >= 0.6 is 11.3 Å². The molecular weight excluding hydrogens is 264 g/mol. The summed E-state index contributed by atoms with van der Waals surface area (Å²) in [5, 5.41) is 12.6. The van der Waals surface area contributed by atoms with E-state index >= 15 is 0 Å². The van der Waals surface area contributed by atoms with Crippen molar-refractivity contribution in [2.24, 2.45) is 0 Å². The highest BCUT2D eigenvalue weighted by Gasteiger charge is 2.12. The zero-order chi connectivity index (χ0) is 13.7. The van der Waals surface area contributed by atoms with E-state index in [0.29, 0.717) is 11.5 Å². The van der Waals surface area contributed by atoms with Crippen molar-refractivity contribution in [1.82, 2.24) is 4.98 Å². The Hall–Kier alpha value is -2.08. The maximum atomic E-state index is 10.9. The molecule has 0 unspecified atom stereocenters. The van der Waals surface area contributed by atoms with Gasteiger partial charge in [0, 0.05) is 6.54 Å². The monoisotopic (exact) mass is 278 g/mol. The molecule has 2 aromatic rings. The van der Waals surface area contributed by atoms with E-state index in [1.54, 1.807) is 7.11 Å². The van der Waals surface area contributed by atoms with Crippen molar-refractivity contribution in [3.63, 3.8) is 0 Å². The minimum atomic E-state index is -1.01. The normalized spacial score (nSPS) is 10.2. The van der Waals surface area contributed by atoms with Crippen LogP contribution in [-0.4, -0.2) is 29.7 Å². The predicted molar refractivity (Wildman–Crippen MR) is 74.3 cm³/mol. The molecule has 1 aromatic heterocycles. The number of hydrogen-bond acceptors (Lipinski definition) is 5. The van der Waals surface area contributed by atoms with Gasteiger partial charge in [-0.25, -0.2) is 9.78 Å². The lowest BCUT2D eigenvalue weighted by Gasteiger charge is -2.05. The molecule has 0 atom stereocenters. The number of benzene rings is 1. The Balaban J connectivity index is 1.89. The molecule has 0 fully saturated rings. The Morgan fingerprint density at radius 1 is 1.42 bits per heavy atom. The Kier molecular flexibility index (Phi) is 4.35. The van der Waals surface area contributed by atoms with Gasteiger partial charge >= 0.3 is 5.97 Å². The van der Waals surface area contributed by atoms with E-state index in [-0.39, 0.29) is 5.69 Å². The number of carboxylic acids is 1. The molecule has 5 nitrogen and oxygen atoms in total. The van der Waals surface area contributed by atoms with Crippen LogP contribution in [-0.2, 0) is 6.42 Å². The topological polar surface area (TPSA) is 71.5 Å². The Morgan fingerprint density at radius 2 is 2.16 bits per heavy atom. The smallest absolute Gasteiger partial charge is 0.357 e. The zero-order valence-electron chi connectivity index (χ0n) is 10.4. The van der Waals surface area contributed by atoms with Crippen LogP contribution in [0.15, 0.2) is 29.8 Å². The number of hydrogen-bond donors (Lipinski definition) is 2. The van der Waals surface area contributed by atoms with Gasteiger partial charge in [0.1, 0.15) is 10.8 Å². The highest BCUT2D eigenvalue weighted by Crippen LogP contribution is 2.20. The molecule has 0 aliphatic heterocycles. The fourth-order valence-corrected chi connectivity index (χ4v) is 2.34. The van der Waals surface area contributed by atoms with Crippen LogP contribution in [0.1, 0.15) is 16.1 Å². The van der Waals surface area contributed by atoms with Crippen LogP contribution in [0.5, 0.6) is 5.75 Å². The van der Waals surface area contributed by atoms with Crippen molar-refractivity contribution in [2.45, 2.75) is 6.42 Å². The second kappa shape index (κ2) is 6.19. The Bertz CT molecular complexity index is 551. The highest BCUT2D eigenvalue weighted by atomic mass is 32.1. The van der Waals surface area contributed by atoms with Crippen LogP contribution in [0.4, 0.5) is 5.00 Å². The van der Waals surface area contributed by atoms with Crippen molar-refractivity contribution in [1.29, 1.82) is 0 Å². The van der Waals surface area contributed by atoms with Gasteiger partial charge < -0.3 is 15.2 Å². The van der Waals surface area contributed by atoms with E-state index < -0.39 is 5.97 Å². The Labute approximate surface area is 114 Å². The first-order valence-electron chi connectivity index (χ1n) is 5.74. The van der Waals surface area contributed by atoms with Crippen LogP contribution in [0.2, 0.25) is 0 Å². The maximum absolute atomic E-state index is 10.9. The fraction of sp³-hybridized carbons (Fsp3) is 0.231. The molecule has 6 heteroatoms. The molecule has 19 heavy (non-hydrogen) atoms. The van der Waals surface area contributed by atoms with Crippen molar-refractivity contribution >= 4 is 22.3 Å². The van der Waals surface area contributed by atoms with Crippen LogP contribution in [0.25, 0.3) is 0 Å². The minimum Gasteiger partial charge on any atom is -0.497 e. The first-order chi connectivity index (χ1) is 9.20. The first-order valence-corrected chi connectivity index (χ1v) is 6.62. The third-order valence-electron chi connectivity index (χ3n) is 2.63. The summed E-state index contributed by atoms with van der Waals surface area (Å²) >= 11 is 1.30. The molecule has 0 radical (unpaired) electrons. The number of ether oxygens (including phenoxy) is 1. The van der Waals surface area contributed by atoms with Crippen molar-refractivity contribution < 1.29 is 14.6 Å². The molecule has 2 N–H and O–H groups in total. The van der Waals surface area contributed by atoms with Gasteiger partial charge in [-0.2, -0.15) is 0 Å². The molecule has 0 bridgehead atoms. The average Bonchev–Trinajstić information content (AvgIpc) is 2.88. The number of carboxylic acid groups (broad SMARTS) is 1. The number of aromatic carboxylic acids is 1. The van der Waals surface area contributed by atoms with E-state index in [1.165, 1.54) is 16.8 Å². The van der Waals surface area contributed by atoms with Gasteiger partial charge in [-0.05, 0) is 24.1 Å². The number of carbonyl (C=O) groups is 1. The molecular formula is C13H14N2O3S. The largest absolute Gasteiger partial charge is 0.497 e. The summed E-state index contributed by atoms with van der Waals surface area (Å²) in [4.78, 5) is 14.7. The van der Waals surface area contributed by atoms with E-state index in [1.807, 2.05) is 24.3 Å². The van der Waals surface area contributed by atoms with Gasteiger partial charge in [0.15, 0.2) is 5.69 Å². The van der Waals surface area contributed by atoms with Gasteiger partial charge in [0.2, 0.25) is 0 Å². The third kappa shape index (κ3) is 3.45. The summed E-state index contributed by atoms with van der Waals surface area (Å²) in [6.07, 6.45) is 0.807. The summed E-state index contributed by atoms with van der Waals surface area (Å²) in [7, 11) is 1.63. The molecule has 2 rings (SSSR count). The summed E-state index contributed by atoms with van der Waals surface area (Å²) in [5.41, 5.74) is 2.77. The molecule has 0 spiro atoms. The lowest BCUT2D eigenvalue weighted by Crippen LogP contribution is -2.08. The number of anilines is 1. The lowest BCUT2D eigenvalue weighted by atomic mass is 10.1. The van der Waals surface area contributed by atoms with Crippen LogP contribution in [0, 0.1) is 0 Å². The molecule has 1 aromatic carbocycles. The second-order valence-corrected chi connectivity index (χ2v) is 4.71. The van der Waals surface area contributed by atoms with Gasteiger partial charge in [-0.1, -0.05) is 12.1 Å². The average molecular weight is 278 g/mol. The number of rotatable bonds is 6. The summed E-state index contributed by atoms with van der Waals surface area (Å²) in [5.74, 6) is -0.180. The number of nitrogens with one attached hydrogen (secondary N) is 1. The molecule has 0 saturated heterocycles. The molecule has 0 saturated carbocycles. The lowest BCUT2D eigenvalue weighted by molar-refractivity contribution is 0.0692. The Morgan fingerprint density at radius 3 is 2.79 bits per heavy atom. The highest BCUT2D eigenvalue weighted by molar-refractivity contribution is 7.14. The first kappa shape index (κ1) is 13.4. The predicted octanol–water partition coefficient (Wildman–Crippen LogP) is 2.50. The van der Waals surface area contributed by atoms with Gasteiger partial charge in [0.05, 0.1) is 12.6 Å². The zero-order valence-corrected chi connectivity index (χ0v) is 11.2. The molecule has 100 valence electrons. The number of aromatic nitrogens is 1. The standard InChI is InChI=1S/C13H14N2O3S/c1-18-10-4-2-9(3-5-10)6-7-14-12-11(13(16)17)15-8-19-12/h2-5,8,14H,6-7H2,1H3,(H,16,17). The number of thiazole rings is 1. The summed E-state index contributed by atoms with van der Waals surface area (Å²) < 4.78 is 5.09. The minimum absolute atomic E-state index is 0.0831.